The molecule has 0 aliphatic rings. The molecular weight excluding hydrogens is 454 g/mol. The molecule has 0 aliphatic heterocycles. The zero-order valence-electron chi connectivity index (χ0n) is 23.8. The predicted octanol–water partition coefficient (Wildman–Crippen LogP) is 8.88. The van der Waals surface area contributed by atoms with E-state index in [0.717, 1.165) is 37.7 Å². The van der Waals surface area contributed by atoms with Crippen LogP contribution in [0.5, 0.6) is 0 Å². The van der Waals surface area contributed by atoms with Crippen molar-refractivity contribution in [2.24, 2.45) is 11.8 Å². The molecule has 2 N–H and O–H groups in total. The Balaban J connectivity index is 0.00000217. The van der Waals surface area contributed by atoms with Crippen LogP contribution in [-0.4, -0.2) is 25.2 Å². The summed E-state index contributed by atoms with van der Waals surface area (Å²) in [7, 11) is 3.75. The first kappa shape index (κ1) is 32.6. The van der Waals surface area contributed by atoms with E-state index in [9.17, 15) is 9.90 Å². The number of nitrogens with one attached hydrogen (secondary N) is 1. The van der Waals surface area contributed by atoms with Gasteiger partial charge in [0.2, 0.25) is 0 Å². The van der Waals surface area contributed by atoms with E-state index < -0.39 is 5.97 Å². The number of carboxylic acids is 1. The quantitative estimate of drug-likeness (QED) is 0.147. The highest BCUT2D eigenvalue weighted by Crippen LogP contribution is 2.26. The number of unbranched alkanes of at least 4 members (excludes halogenated alkanes) is 8. The predicted molar refractivity (Wildman–Crippen MR) is 160 cm³/mol. The van der Waals surface area contributed by atoms with Crippen molar-refractivity contribution in [1.82, 2.24) is 5.32 Å². The van der Waals surface area contributed by atoms with Crippen LogP contribution in [0.2, 0.25) is 0 Å². The summed E-state index contributed by atoms with van der Waals surface area (Å²) < 4.78 is 0. The molecule has 0 saturated heterocycles. The number of benzene rings is 2. The fourth-order valence-corrected chi connectivity index (χ4v) is 4.80. The molecule has 3 heteroatoms. The van der Waals surface area contributed by atoms with Gasteiger partial charge in [-0.05, 0) is 76.1 Å². The van der Waals surface area contributed by atoms with Crippen LogP contribution in [-0.2, 0) is 17.6 Å². The maximum Gasteiger partial charge on any atom is 0.306 e. The highest BCUT2D eigenvalue weighted by atomic mass is 16.4. The lowest BCUT2D eigenvalue weighted by atomic mass is 9.83. The second-order valence-corrected chi connectivity index (χ2v) is 10.3. The van der Waals surface area contributed by atoms with Gasteiger partial charge in [0.05, 0.1) is 5.92 Å². The molecule has 0 fully saturated rings. The Morgan fingerprint density at radius 3 is 1.78 bits per heavy atom. The maximum atomic E-state index is 12.1. The molecule has 2 aromatic rings. The van der Waals surface area contributed by atoms with Crippen LogP contribution in [0.4, 0.5) is 0 Å². The van der Waals surface area contributed by atoms with E-state index in [1.165, 1.54) is 56.9 Å². The Bertz CT molecular complexity index is 803. The third kappa shape index (κ3) is 17.7. The van der Waals surface area contributed by atoms with Gasteiger partial charge in [-0.25, -0.2) is 0 Å². The van der Waals surface area contributed by atoms with Crippen LogP contribution in [0.1, 0.15) is 95.1 Å². The Labute approximate surface area is 227 Å². The minimum absolute atomic E-state index is 0.326. The van der Waals surface area contributed by atoms with Crippen LogP contribution in [0.15, 0.2) is 72.8 Å². The van der Waals surface area contributed by atoms with E-state index in [-0.39, 0.29) is 5.92 Å². The van der Waals surface area contributed by atoms with Gasteiger partial charge < -0.3 is 10.4 Å². The van der Waals surface area contributed by atoms with E-state index in [1.807, 2.05) is 50.5 Å². The maximum absolute atomic E-state index is 12.1. The molecule has 0 aliphatic carbocycles. The highest BCUT2D eigenvalue weighted by Gasteiger charge is 2.23. The summed E-state index contributed by atoms with van der Waals surface area (Å²) in [5, 5.41) is 12.7. The van der Waals surface area contributed by atoms with Crippen LogP contribution < -0.4 is 5.32 Å². The zero-order chi connectivity index (χ0) is 27.0. The number of rotatable bonds is 19. The minimum atomic E-state index is -0.667. The third-order valence-electron chi connectivity index (χ3n) is 6.78. The molecule has 0 radical (unpaired) electrons. The van der Waals surface area contributed by atoms with Crippen molar-refractivity contribution in [3.63, 3.8) is 0 Å². The lowest BCUT2D eigenvalue weighted by Crippen LogP contribution is -2.21. The molecule has 2 atom stereocenters. The summed E-state index contributed by atoms with van der Waals surface area (Å²) in [5.74, 6) is -0.591. The van der Waals surface area contributed by atoms with E-state index in [1.54, 1.807) is 0 Å². The van der Waals surface area contributed by atoms with Crippen LogP contribution in [0, 0.1) is 11.8 Å². The lowest BCUT2D eigenvalue weighted by molar-refractivity contribution is -0.142. The summed E-state index contributed by atoms with van der Waals surface area (Å²) in [6.07, 6.45) is 21.0. The van der Waals surface area contributed by atoms with Crippen molar-refractivity contribution in [3.05, 3.63) is 83.9 Å². The second-order valence-electron chi connectivity index (χ2n) is 10.3. The number of hydrogen-bond donors (Lipinski definition) is 2. The summed E-state index contributed by atoms with van der Waals surface area (Å²) in [6, 6.07) is 20.6. The molecule has 3 nitrogen and oxygen atoms in total. The first-order chi connectivity index (χ1) is 18.1. The van der Waals surface area contributed by atoms with Crippen molar-refractivity contribution in [3.8, 4) is 0 Å². The Kier molecular flexibility index (Phi) is 20.1. The van der Waals surface area contributed by atoms with Gasteiger partial charge in [-0.15, -0.1) is 0 Å². The van der Waals surface area contributed by atoms with Gasteiger partial charge in [0, 0.05) is 0 Å². The zero-order valence-corrected chi connectivity index (χ0v) is 23.8. The topological polar surface area (TPSA) is 49.3 Å². The third-order valence-corrected chi connectivity index (χ3v) is 6.78. The average molecular weight is 508 g/mol. The Hall–Kier alpha value is -2.39. The SMILES string of the molecule is CCCCCCCC/C=C\CCCCC(Cc1ccccc1)CC(Cc1ccccc1)C(=O)O.CNC. The van der Waals surface area contributed by atoms with Crippen LogP contribution in [0.25, 0.3) is 0 Å². The number of aliphatic carboxylic acids is 1. The molecule has 0 heterocycles. The molecule has 2 unspecified atom stereocenters. The molecule has 0 bridgehead atoms. The normalized spacial score (nSPS) is 12.6. The van der Waals surface area contributed by atoms with Crippen molar-refractivity contribution in [1.29, 1.82) is 0 Å². The van der Waals surface area contributed by atoms with E-state index in [2.05, 4.69) is 48.7 Å². The summed E-state index contributed by atoms with van der Waals surface area (Å²) in [5.41, 5.74) is 2.43. The van der Waals surface area contributed by atoms with Gasteiger partial charge in [-0.1, -0.05) is 125 Å². The molecule has 37 heavy (non-hydrogen) atoms. The summed E-state index contributed by atoms with van der Waals surface area (Å²) >= 11 is 0. The van der Waals surface area contributed by atoms with E-state index in [4.69, 9.17) is 0 Å². The first-order valence-electron chi connectivity index (χ1n) is 14.6. The molecule has 0 spiro atoms. The molecular formula is C34H53NO2. The first-order valence-corrected chi connectivity index (χ1v) is 14.6. The highest BCUT2D eigenvalue weighted by molar-refractivity contribution is 5.70. The smallest absolute Gasteiger partial charge is 0.306 e. The Morgan fingerprint density at radius 1 is 0.757 bits per heavy atom. The van der Waals surface area contributed by atoms with Crippen molar-refractivity contribution >= 4 is 5.97 Å². The molecule has 206 valence electrons. The average Bonchev–Trinajstić information content (AvgIpc) is 2.90. The standard InChI is InChI=1S/C32H46O2.C2H7N/c1-2-3-4-5-6-7-8-9-10-11-12-15-24-30(25-28-20-16-13-17-21-28)27-31(32(33)34)26-29-22-18-14-19-23-29;1-3-2/h9-10,13-14,16-23,30-31H,2-8,11-12,15,24-27H2,1H3,(H,33,34);3H,1-2H3/b10-9-;. The monoisotopic (exact) mass is 507 g/mol. The van der Waals surface area contributed by atoms with Gasteiger partial charge in [0.25, 0.3) is 0 Å². The van der Waals surface area contributed by atoms with Crippen molar-refractivity contribution in [2.45, 2.75) is 96.8 Å². The van der Waals surface area contributed by atoms with Gasteiger partial charge in [0.1, 0.15) is 0 Å². The van der Waals surface area contributed by atoms with E-state index in [0.29, 0.717) is 12.3 Å². The van der Waals surface area contributed by atoms with Gasteiger partial charge in [-0.2, -0.15) is 0 Å². The summed E-state index contributed by atoms with van der Waals surface area (Å²) in [6.45, 7) is 2.27. The molecule has 0 aromatic heterocycles. The largest absolute Gasteiger partial charge is 0.481 e. The van der Waals surface area contributed by atoms with Gasteiger partial charge in [-0.3, -0.25) is 4.79 Å². The number of carboxylic acid groups (broad SMARTS) is 1. The molecule has 2 aromatic carbocycles. The number of carbonyl (C=O) groups is 1. The molecule has 0 amide bonds. The lowest BCUT2D eigenvalue weighted by Gasteiger charge is -2.22. The number of hydrogen-bond acceptors (Lipinski definition) is 2. The van der Waals surface area contributed by atoms with Crippen molar-refractivity contribution in [2.75, 3.05) is 14.1 Å². The number of allylic oxidation sites excluding steroid dienone is 2. The fourth-order valence-electron chi connectivity index (χ4n) is 4.80. The second kappa shape index (κ2) is 22.8. The fraction of sp³-hybridized carbons (Fsp3) is 0.559. The molecule has 0 saturated carbocycles. The molecule has 2 rings (SSSR count). The van der Waals surface area contributed by atoms with Gasteiger partial charge >= 0.3 is 5.97 Å². The summed E-state index contributed by atoms with van der Waals surface area (Å²) in [4.78, 5) is 12.1. The van der Waals surface area contributed by atoms with Crippen molar-refractivity contribution < 1.29 is 9.90 Å². The van der Waals surface area contributed by atoms with Crippen LogP contribution >= 0.6 is 0 Å². The van der Waals surface area contributed by atoms with Crippen LogP contribution in [0.3, 0.4) is 0 Å². The van der Waals surface area contributed by atoms with Gasteiger partial charge in [0.15, 0.2) is 0 Å². The van der Waals surface area contributed by atoms with E-state index >= 15 is 0 Å². The Morgan fingerprint density at radius 2 is 1.24 bits per heavy atom. The minimum Gasteiger partial charge on any atom is -0.481 e.